The van der Waals surface area contributed by atoms with Crippen LogP contribution in [0.2, 0.25) is 0 Å². The Hall–Kier alpha value is -0.0600. The zero-order valence-electron chi connectivity index (χ0n) is 10.3. The van der Waals surface area contributed by atoms with Gasteiger partial charge in [0.2, 0.25) is 0 Å². The maximum Gasteiger partial charge on any atom is 0.0767 e. The number of nitrogens with zero attached hydrogens (tertiary/aromatic N) is 2. The Bertz CT molecular complexity index is 385. The fourth-order valence-corrected chi connectivity index (χ4v) is 3.49. The van der Waals surface area contributed by atoms with Crippen molar-refractivity contribution >= 4 is 27.5 Å². The van der Waals surface area contributed by atoms with E-state index in [1.54, 1.807) is 0 Å². The molecule has 1 saturated carbocycles. The molecular weight excluding hydrogens is 302 g/mol. The van der Waals surface area contributed by atoms with Gasteiger partial charge in [0.05, 0.1) is 15.9 Å². The number of halogens is 2. The number of hydrogen-bond acceptors (Lipinski definition) is 2. The molecule has 1 aromatic rings. The first-order valence-electron chi connectivity index (χ1n) is 6.16. The fraction of sp³-hybridized carbons (Fsp3) is 0.750. The summed E-state index contributed by atoms with van der Waals surface area (Å²) in [7, 11) is 2.00. The molecule has 1 aromatic heterocycles. The van der Waals surface area contributed by atoms with Crippen LogP contribution in [-0.4, -0.2) is 21.7 Å². The minimum Gasteiger partial charge on any atom is -0.311 e. The molecule has 0 aliphatic heterocycles. The van der Waals surface area contributed by atoms with Crippen LogP contribution in [0.4, 0.5) is 0 Å². The molecule has 5 heteroatoms. The molecule has 1 fully saturated rings. The first-order chi connectivity index (χ1) is 8.11. The SMILES string of the molecule is CCc1nn(C)c(CNCC2CC(Cl)C2)c1Br. The second kappa shape index (κ2) is 5.72. The van der Waals surface area contributed by atoms with Gasteiger partial charge in [0.25, 0.3) is 0 Å². The van der Waals surface area contributed by atoms with Gasteiger partial charge in [0, 0.05) is 19.0 Å². The van der Waals surface area contributed by atoms with Gasteiger partial charge in [-0.3, -0.25) is 4.68 Å². The van der Waals surface area contributed by atoms with Crippen molar-refractivity contribution in [2.75, 3.05) is 6.54 Å². The van der Waals surface area contributed by atoms with Crippen molar-refractivity contribution in [1.82, 2.24) is 15.1 Å². The monoisotopic (exact) mass is 319 g/mol. The second-order valence-corrected chi connectivity index (χ2v) is 6.16. The van der Waals surface area contributed by atoms with Gasteiger partial charge in [-0.25, -0.2) is 0 Å². The predicted molar refractivity (Wildman–Crippen MR) is 74.4 cm³/mol. The van der Waals surface area contributed by atoms with E-state index >= 15 is 0 Å². The summed E-state index contributed by atoms with van der Waals surface area (Å²) in [5.41, 5.74) is 2.36. The molecule has 1 heterocycles. The lowest BCUT2D eigenvalue weighted by Gasteiger charge is -2.30. The standard InChI is InChI=1S/C12H19BrClN3/c1-3-10-12(13)11(17(2)16-10)7-15-6-8-4-9(14)5-8/h8-9,15H,3-7H2,1-2H3. The Kier molecular flexibility index (Phi) is 4.50. The van der Waals surface area contributed by atoms with Crippen LogP contribution >= 0.6 is 27.5 Å². The third kappa shape index (κ3) is 3.04. The lowest BCUT2D eigenvalue weighted by Crippen LogP contribution is -2.33. The summed E-state index contributed by atoms with van der Waals surface area (Å²) in [5.74, 6) is 0.759. The van der Waals surface area contributed by atoms with Crippen molar-refractivity contribution in [3.63, 3.8) is 0 Å². The summed E-state index contributed by atoms with van der Waals surface area (Å²) >= 11 is 9.59. The zero-order valence-corrected chi connectivity index (χ0v) is 12.7. The van der Waals surface area contributed by atoms with Crippen LogP contribution in [0.15, 0.2) is 4.47 Å². The number of aryl methyl sites for hydroxylation is 2. The Morgan fingerprint density at radius 1 is 1.53 bits per heavy atom. The molecule has 3 nitrogen and oxygen atoms in total. The molecule has 0 spiro atoms. The van der Waals surface area contributed by atoms with E-state index in [2.05, 4.69) is 33.3 Å². The maximum atomic E-state index is 5.96. The summed E-state index contributed by atoms with van der Waals surface area (Å²) in [5, 5.41) is 8.39. The molecule has 96 valence electrons. The largest absolute Gasteiger partial charge is 0.311 e. The number of rotatable bonds is 5. The van der Waals surface area contributed by atoms with Crippen molar-refractivity contribution in [3.8, 4) is 0 Å². The molecule has 0 radical (unpaired) electrons. The van der Waals surface area contributed by atoms with Gasteiger partial charge in [-0.2, -0.15) is 5.10 Å². The number of nitrogens with one attached hydrogen (secondary N) is 1. The molecule has 1 aliphatic carbocycles. The first-order valence-corrected chi connectivity index (χ1v) is 7.39. The molecule has 0 aromatic carbocycles. The maximum absolute atomic E-state index is 5.96. The van der Waals surface area contributed by atoms with Crippen molar-refractivity contribution in [3.05, 3.63) is 15.9 Å². The first kappa shape index (κ1) is 13.4. The Labute approximate surface area is 116 Å². The molecule has 0 unspecified atom stereocenters. The number of alkyl halides is 1. The van der Waals surface area contributed by atoms with E-state index in [0.29, 0.717) is 5.38 Å². The third-order valence-corrected chi connectivity index (χ3v) is 4.68. The van der Waals surface area contributed by atoms with Gasteiger partial charge in [0.1, 0.15) is 0 Å². The van der Waals surface area contributed by atoms with Gasteiger partial charge < -0.3 is 5.32 Å². The highest BCUT2D eigenvalue weighted by Crippen LogP contribution is 2.31. The summed E-state index contributed by atoms with van der Waals surface area (Å²) in [4.78, 5) is 0. The highest BCUT2D eigenvalue weighted by Gasteiger charge is 2.26. The Morgan fingerprint density at radius 3 is 2.76 bits per heavy atom. The Balaban J connectivity index is 1.84. The van der Waals surface area contributed by atoms with Crippen LogP contribution in [0.25, 0.3) is 0 Å². The van der Waals surface area contributed by atoms with Crippen LogP contribution in [0.3, 0.4) is 0 Å². The van der Waals surface area contributed by atoms with Crippen LogP contribution in [0, 0.1) is 5.92 Å². The smallest absolute Gasteiger partial charge is 0.0767 e. The zero-order chi connectivity index (χ0) is 12.4. The normalized spacial score (nSPS) is 23.8. The minimum atomic E-state index is 0.414. The van der Waals surface area contributed by atoms with E-state index in [-0.39, 0.29) is 0 Å². The third-order valence-electron chi connectivity index (χ3n) is 3.41. The van der Waals surface area contributed by atoms with Gasteiger partial charge in [-0.1, -0.05) is 6.92 Å². The van der Waals surface area contributed by atoms with E-state index in [1.165, 1.54) is 5.69 Å². The van der Waals surface area contributed by atoms with Crippen LogP contribution < -0.4 is 5.32 Å². The molecule has 0 amide bonds. The van der Waals surface area contributed by atoms with E-state index < -0.39 is 0 Å². The van der Waals surface area contributed by atoms with Crippen molar-refractivity contribution in [2.24, 2.45) is 13.0 Å². The van der Waals surface area contributed by atoms with Gasteiger partial charge >= 0.3 is 0 Å². The van der Waals surface area contributed by atoms with Crippen molar-refractivity contribution in [1.29, 1.82) is 0 Å². The lowest BCUT2D eigenvalue weighted by atomic mass is 9.85. The van der Waals surface area contributed by atoms with E-state index in [0.717, 1.165) is 48.4 Å². The average molecular weight is 321 g/mol. The Morgan fingerprint density at radius 2 is 2.24 bits per heavy atom. The van der Waals surface area contributed by atoms with Gasteiger partial charge in [-0.05, 0) is 47.7 Å². The van der Waals surface area contributed by atoms with E-state index in [4.69, 9.17) is 11.6 Å². The second-order valence-electron chi connectivity index (χ2n) is 4.75. The molecule has 0 atom stereocenters. The minimum absolute atomic E-state index is 0.414. The molecule has 1 N–H and O–H groups in total. The van der Waals surface area contributed by atoms with Crippen LogP contribution in [0.5, 0.6) is 0 Å². The number of hydrogen-bond donors (Lipinski definition) is 1. The van der Waals surface area contributed by atoms with Crippen molar-refractivity contribution < 1.29 is 0 Å². The van der Waals surface area contributed by atoms with Gasteiger partial charge in [0.15, 0.2) is 0 Å². The molecule has 17 heavy (non-hydrogen) atoms. The van der Waals surface area contributed by atoms with Crippen LogP contribution in [-0.2, 0) is 20.0 Å². The summed E-state index contributed by atoms with van der Waals surface area (Å²) < 4.78 is 3.11. The quantitative estimate of drug-likeness (QED) is 0.846. The van der Waals surface area contributed by atoms with Crippen molar-refractivity contribution in [2.45, 2.75) is 38.1 Å². The number of aromatic nitrogens is 2. The van der Waals surface area contributed by atoms with Gasteiger partial charge in [-0.15, -0.1) is 11.6 Å². The summed E-state index contributed by atoms with van der Waals surface area (Å²) in [6, 6.07) is 0. The molecule has 1 aliphatic rings. The highest BCUT2D eigenvalue weighted by atomic mass is 79.9. The molecular formula is C12H19BrClN3. The summed E-state index contributed by atoms with van der Waals surface area (Å²) in [6.07, 6.45) is 3.27. The molecule has 0 bridgehead atoms. The molecule has 2 rings (SSSR count). The predicted octanol–water partition coefficient (Wildman–Crippen LogP) is 2.85. The summed E-state index contributed by atoms with van der Waals surface area (Å²) in [6.45, 7) is 4.05. The average Bonchev–Trinajstić information content (AvgIpc) is 2.53. The van der Waals surface area contributed by atoms with E-state index in [9.17, 15) is 0 Å². The highest BCUT2D eigenvalue weighted by molar-refractivity contribution is 9.10. The molecule has 0 saturated heterocycles. The van der Waals surface area contributed by atoms with E-state index in [1.807, 2.05) is 11.7 Å². The topological polar surface area (TPSA) is 29.9 Å². The fourth-order valence-electron chi connectivity index (χ4n) is 2.23. The lowest BCUT2D eigenvalue weighted by molar-refractivity contribution is 0.307. The van der Waals surface area contributed by atoms with Crippen LogP contribution in [0.1, 0.15) is 31.2 Å².